The topological polar surface area (TPSA) is 74.4 Å². The molecule has 0 radical (unpaired) electrons. The van der Waals surface area contributed by atoms with Crippen molar-refractivity contribution in [2.24, 2.45) is 5.92 Å². The Morgan fingerprint density at radius 1 is 1.19 bits per heavy atom. The van der Waals surface area contributed by atoms with E-state index in [1.807, 2.05) is 13.8 Å². The molecular formula is C21H35N3O3. The number of nitrogens with one attached hydrogen (secondary N) is 2. The van der Waals surface area contributed by atoms with E-state index >= 15 is 0 Å². The van der Waals surface area contributed by atoms with E-state index in [9.17, 15) is 9.59 Å². The lowest BCUT2D eigenvalue weighted by Crippen LogP contribution is -2.52. The van der Waals surface area contributed by atoms with Crippen LogP contribution in [0.1, 0.15) is 72.6 Å². The molecule has 27 heavy (non-hydrogen) atoms. The van der Waals surface area contributed by atoms with Gasteiger partial charge in [0.15, 0.2) is 5.78 Å². The Bertz CT molecular complexity index is 643. The van der Waals surface area contributed by atoms with Gasteiger partial charge in [-0.15, -0.1) is 0 Å². The van der Waals surface area contributed by atoms with Crippen LogP contribution in [0.4, 0.5) is 0 Å². The van der Waals surface area contributed by atoms with Crippen LogP contribution in [0.3, 0.4) is 0 Å². The van der Waals surface area contributed by atoms with Crippen molar-refractivity contribution in [2.45, 2.75) is 59.9 Å². The monoisotopic (exact) mass is 377 g/mol. The number of morpholine rings is 1. The molecule has 0 bridgehead atoms. The second-order valence-corrected chi connectivity index (χ2v) is 7.39. The van der Waals surface area contributed by atoms with E-state index in [1.165, 1.54) is 0 Å². The number of ketones is 1. The maximum Gasteiger partial charge on any atom is 0.268 e. The number of ether oxygens (including phenoxy) is 1. The summed E-state index contributed by atoms with van der Waals surface area (Å²) in [6.45, 7) is 13.8. The number of aryl methyl sites for hydroxylation is 1. The van der Waals surface area contributed by atoms with Gasteiger partial charge >= 0.3 is 0 Å². The average Bonchev–Trinajstić information content (AvgIpc) is 3.02. The number of Topliss-reactive ketones (excluding diaryl/α,β-unsaturated/α-hetero) is 1. The molecule has 1 saturated heterocycles. The van der Waals surface area contributed by atoms with E-state index in [0.29, 0.717) is 36.2 Å². The largest absolute Gasteiger partial charge is 0.379 e. The lowest BCUT2D eigenvalue weighted by atomic mass is 9.92. The summed E-state index contributed by atoms with van der Waals surface area (Å²) in [5.41, 5.74) is 2.79. The molecule has 1 aromatic heterocycles. The van der Waals surface area contributed by atoms with E-state index in [-0.39, 0.29) is 11.7 Å². The molecule has 0 saturated carbocycles. The van der Waals surface area contributed by atoms with Gasteiger partial charge in [0.2, 0.25) is 0 Å². The third-order valence-electron chi connectivity index (χ3n) is 5.80. The van der Waals surface area contributed by atoms with Gasteiger partial charge in [0.1, 0.15) is 5.69 Å². The van der Waals surface area contributed by atoms with Crippen molar-refractivity contribution in [1.29, 1.82) is 0 Å². The molecule has 6 nitrogen and oxygen atoms in total. The molecule has 1 atom stereocenters. The molecule has 2 heterocycles. The van der Waals surface area contributed by atoms with Crippen molar-refractivity contribution in [1.82, 2.24) is 15.2 Å². The summed E-state index contributed by atoms with van der Waals surface area (Å²) < 4.78 is 5.49. The van der Waals surface area contributed by atoms with E-state index in [1.54, 1.807) is 6.92 Å². The molecular weight excluding hydrogens is 342 g/mol. The number of hydrogen-bond donors (Lipinski definition) is 2. The maximum absolute atomic E-state index is 12.9. The van der Waals surface area contributed by atoms with Crippen LogP contribution in [0.15, 0.2) is 0 Å². The highest BCUT2D eigenvalue weighted by Gasteiger charge is 2.28. The number of carbonyl (C=O) groups is 2. The first-order valence-corrected chi connectivity index (χ1v) is 10.3. The summed E-state index contributed by atoms with van der Waals surface area (Å²) in [5, 5.41) is 3.14. The number of nitrogens with zero attached hydrogens (tertiary/aromatic N) is 1. The van der Waals surface area contributed by atoms with Gasteiger partial charge in [-0.2, -0.15) is 0 Å². The number of H-pyrrole nitrogens is 1. The Kier molecular flexibility index (Phi) is 8.05. The fourth-order valence-corrected chi connectivity index (χ4v) is 4.32. The number of hydrogen-bond acceptors (Lipinski definition) is 4. The van der Waals surface area contributed by atoms with Gasteiger partial charge in [-0.3, -0.25) is 14.5 Å². The highest BCUT2D eigenvalue weighted by atomic mass is 16.5. The summed E-state index contributed by atoms with van der Waals surface area (Å²) in [5.74, 6) is 0.418. The van der Waals surface area contributed by atoms with Crippen molar-refractivity contribution >= 4 is 11.7 Å². The first-order chi connectivity index (χ1) is 12.9. The van der Waals surface area contributed by atoms with Crippen LogP contribution in [-0.4, -0.2) is 60.5 Å². The Labute approximate surface area is 163 Å². The molecule has 1 fully saturated rings. The predicted octanol–water partition coefficient (Wildman–Crippen LogP) is 2.95. The van der Waals surface area contributed by atoms with Gasteiger partial charge < -0.3 is 15.0 Å². The SMILES string of the molecule is CCc1c(C(=O)NCC(C(CC)CC)N2CCOCC2)[nH]c(C)c1C(C)=O. The van der Waals surface area contributed by atoms with Crippen molar-refractivity contribution < 1.29 is 14.3 Å². The molecule has 1 unspecified atom stereocenters. The lowest BCUT2D eigenvalue weighted by Gasteiger charge is -2.38. The summed E-state index contributed by atoms with van der Waals surface area (Å²) in [6.07, 6.45) is 2.83. The molecule has 1 aromatic rings. The minimum atomic E-state index is -0.119. The normalized spacial score (nSPS) is 16.5. The van der Waals surface area contributed by atoms with Crippen LogP contribution in [-0.2, 0) is 11.2 Å². The van der Waals surface area contributed by atoms with E-state index < -0.39 is 0 Å². The summed E-state index contributed by atoms with van der Waals surface area (Å²) >= 11 is 0. The zero-order valence-electron chi connectivity index (χ0n) is 17.5. The molecule has 0 spiro atoms. The Morgan fingerprint density at radius 3 is 2.33 bits per heavy atom. The van der Waals surface area contributed by atoms with Crippen LogP contribution in [0.5, 0.6) is 0 Å². The Hall–Kier alpha value is -1.66. The molecule has 0 aliphatic carbocycles. The number of aromatic nitrogens is 1. The molecule has 1 amide bonds. The van der Waals surface area contributed by atoms with Crippen LogP contribution in [0, 0.1) is 12.8 Å². The van der Waals surface area contributed by atoms with Crippen molar-refractivity contribution in [3.63, 3.8) is 0 Å². The maximum atomic E-state index is 12.9. The minimum absolute atomic E-state index is 0.00266. The third-order valence-corrected chi connectivity index (χ3v) is 5.80. The van der Waals surface area contributed by atoms with E-state index in [0.717, 1.165) is 50.4 Å². The number of carbonyl (C=O) groups excluding carboxylic acids is 2. The van der Waals surface area contributed by atoms with Gasteiger partial charge in [0.05, 0.1) is 13.2 Å². The van der Waals surface area contributed by atoms with Crippen LogP contribution in [0.2, 0.25) is 0 Å². The molecule has 6 heteroatoms. The number of amides is 1. The van der Waals surface area contributed by atoms with Crippen LogP contribution >= 0.6 is 0 Å². The van der Waals surface area contributed by atoms with Crippen molar-refractivity contribution in [3.05, 3.63) is 22.5 Å². The molecule has 2 N–H and O–H groups in total. The summed E-state index contributed by atoms with van der Waals surface area (Å²) in [4.78, 5) is 30.4. The summed E-state index contributed by atoms with van der Waals surface area (Å²) in [7, 11) is 0. The summed E-state index contributed by atoms with van der Waals surface area (Å²) in [6, 6.07) is 0.307. The van der Waals surface area contributed by atoms with Gasteiger partial charge in [-0.25, -0.2) is 0 Å². The second-order valence-electron chi connectivity index (χ2n) is 7.39. The zero-order valence-corrected chi connectivity index (χ0v) is 17.5. The molecule has 2 rings (SSSR count). The zero-order chi connectivity index (χ0) is 20.0. The standard InChI is InChI=1S/C21H35N3O3/c1-6-16(7-2)18(24-9-11-27-12-10-24)13-22-21(26)20-17(8-3)19(15(5)25)14(4)23-20/h16,18,23H,6-13H2,1-5H3,(H,22,26). The molecule has 0 aromatic carbocycles. The highest BCUT2D eigenvalue weighted by Crippen LogP contribution is 2.22. The minimum Gasteiger partial charge on any atom is -0.379 e. The fraction of sp³-hybridized carbons (Fsp3) is 0.714. The van der Waals surface area contributed by atoms with Gasteiger partial charge in [-0.05, 0) is 31.7 Å². The predicted molar refractivity (Wildman–Crippen MR) is 107 cm³/mol. The molecule has 152 valence electrons. The van der Waals surface area contributed by atoms with E-state index in [2.05, 4.69) is 29.0 Å². The van der Waals surface area contributed by atoms with Gasteiger partial charge in [0.25, 0.3) is 5.91 Å². The Morgan fingerprint density at radius 2 is 1.81 bits per heavy atom. The van der Waals surface area contributed by atoms with Crippen LogP contribution < -0.4 is 5.32 Å². The number of rotatable bonds is 9. The van der Waals surface area contributed by atoms with Gasteiger partial charge in [0, 0.05) is 36.9 Å². The average molecular weight is 378 g/mol. The van der Waals surface area contributed by atoms with Crippen molar-refractivity contribution in [2.75, 3.05) is 32.8 Å². The van der Waals surface area contributed by atoms with Crippen molar-refractivity contribution in [3.8, 4) is 0 Å². The molecule has 1 aliphatic heterocycles. The quantitative estimate of drug-likeness (QED) is 0.649. The first kappa shape index (κ1) is 21.6. The Balaban J connectivity index is 2.15. The van der Waals surface area contributed by atoms with Gasteiger partial charge in [-0.1, -0.05) is 33.6 Å². The first-order valence-electron chi connectivity index (χ1n) is 10.3. The molecule has 1 aliphatic rings. The lowest BCUT2D eigenvalue weighted by molar-refractivity contribution is 0.00190. The van der Waals surface area contributed by atoms with Crippen LogP contribution in [0.25, 0.3) is 0 Å². The highest BCUT2D eigenvalue weighted by molar-refractivity contribution is 6.02. The number of aromatic amines is 1. The smallest absolute Gasteiger partial charge is 0.268 e. The third kappa shape index (κ3) is 4.99. The second kappa shape index (κ2) is 10.0. The fourth-order valence-electron chi connectivity index (χ4n) is 4.32. The van der Waals surface area contributed by atoms with E-state index in [4.69, 9.17) is 4.74 Å².